The van der Waals surface area contributed by atoms with Crippen LogP contribution in [-0.4, -0.2) is 58.7 Å². The minimum atomic E-state index is -0.692. The smallest absolute Gasteiger partial charge is 0.245 e. The van der Waals surface area contributed by atoms with E-state index >= 15 is 0 Å². The number of amides is 1. The lowest BCUT2D eigenvalue weighted by Crippen LogP contribution is -2.52. The van der Waals surface area contributed by atoms with E-state index in [2.05, 4.69) is 17.6 Å². The molecule has 0 aliphatic carbocycles. The Bertz CT molecular complexity index is 440. The molecule has 1 amide bonds. The van der Waals surface area contributed by atoms with Crippen molar-refractivity contribution < 1.29 is 20.2 Å². The zero-order valence-corrected chi connectivity index (χ0v) is 21.8. The Hall–Kier alpha value is -0.730. The lowest BCUT2D eigenvalue weighted by atomic mass is 10.0. The fourth-order valence-electron chi connectivity index (χ4n) is 4.21. The summed E-state index contributed by atoms with van der Waals surface area (Å²) in [6.45, 7) is 7.36. The van der Waals surface area contributed by atoms with Gasteiger partial charge in [0.2, 0.25) is 5.91 Å². The van der Waals surface area contributed by atoms with Gasteiger partial charge in [-0.15, -0.1) is 0 Å². The van der Waals surface area contributed by atoms with Crippen molar-refractivity contribution in [2.24, 2.45) is 0 Å². The third-order valence-corrected chi connectivity index (χ3v) is 6.58. The van der Waals surface area contributed by atoms with Gasteiger partial charge in [-0.3, -0.25) is 10.0 Å². The molecule has 4 atom stereocenters. The summed E-state index contributed by atoms with van der Waals surface area (Å²) in [6.07, 6.45) is 17.2. The molecule has 0 radical (unpaired) electrons. The fourth-order valence-corrected chi connectivity index (χ4v) is 4.21. The molecule has 0 bridgehead atoms. The van der Waals surface area contributed by atoms with Gasteiger partial charge in [-0.1, -0.05) is 97.8 Å². The van der Waals surface area contributed by atoms with Crippen LogP contribution < -0.4 is 16.1 Å². The van der Waals surface area contributed by atoms with E-state index in [4.69, 9.17) is 5.21 Å². The quantitative estimate of drug-likeness (QED) is 0.0702. The molecule has 198 valence electrons. The zero-order chi connectivity index (χ0) is 24.7. The molecule has 0 saturated heterocycles. The van der Waals surface area contributed by atoms with Gasteiger partial charge in [0.15, 0.2) is 0 Å². The Morgan fingerprint density at radius 3 is 1.58 bits per heavy atom. The molecule has 0 aromatic carbocycles. The van der Waals surface area contributed by atoms with Crippen molar-refractivity contribution >= 4 is 5.91 Å². The first-order chi connectivity index (χ1) is 16.0. The van der Waals surface area contributed by atoms with Crippen molar-refractivity contribution in [3.8, 4) is 0 Å². The highest BCUT2D eigenvalue weighted by Gasteiger charge is 2.24. The van der Waals surface area contributed by atoms with E-state index in [1.165, 1.54) is 77.0 Å². The van der Waals surface area contributed by atoms with Crippen molar-refractivity contribution in [1.29, 1.82) is 0 Å². The first-order valence-corrected chi connectivity index (χ1v) is 13.8. The van der Waals surface area contributed by atoms with Gasteiger partial charge in [-0.2, -0.15) is 0 Å². The van der Waals surface area contributed by atoms with Crippen LogP contribution in [0, 0.1) is 0 Å². The number of aliphatic hydroxyl groups is 2. The second-order valence-electron chi connectivity index (χ2n) is 9.51. The van der Waals surface area contributed by atoms with E-state index in [1.807, 2.05) is 13.8 Å². The van der Waals surface area contributed by atoms with Gasteiger partial charge in [-0.05, 0) is 25.8 Å². The van der Waals surface area contributed by atoms with Gasteiger partial charge >= 0.3 is 0 Å². The van der Waals surface area contributed by atoms with Crippen molar-refractivity contribution in [3.05, 3.63) is 0 Å². The van der Waals surface area contributed by atoms with Crippen LogP contribution in [0.4, 0.5) is 0 Å². The summed E-state index contributed by atoms with van der Waals surface area (Å²) in [5.41, 5.74) is 1.62. The molecule has 33 heavy (non-hydrogen) atoms. The van der Waals surface area contributed by atoms with Gasteiger partial charge in [-0.25, -0.2) is 5.48 Å². The summed E-state index contributed by atoms with van der Waals surface area (Å²) in [7, 11) is 0. The Morgan fingerprint density at radius 2 is 1.12 bits per heavy atom. The summed E-state index contributed by atoms with van der Waals surface area (Å²) in [6, 6.07) is -0.608. The van der Waals surface area contributed by atoms with Crippen LogP contribution in [0.3, 0.4) is 0 Å². The molecule has 0 aromatic heterocycles. The van der Waals surface area contributed by atoms with Crippen molar-refractivity contribution in [2.45, 2.75) is 148 Å². The van der Waals surface area contributed by atoms with E-state index < -0.39 is 24.2 Å². The number of rotatable bonds is 24. The molecular weight excluding hydrogens is 418 g/mol. The predicted molar refractivity (Wildman–Crippen MR) is 136 cm³/mol. The van der Waals surface area contributed by atoms with E-state index in [1.54, 1.807) is 5.48 Å². The molecule has 0 rings (SSSR count). The number of unbranched alkanes of at least 4 members (excludes halogenated alkanes) is 12. The van der Waals surface area contributed by atoms with E-state index in [0.29, 0.717) is 19.4 Å². The molecule has 0 spiro atoms. The molecule has 7 heteroatoms. The number of carbonyl (C=O) groups is 1. The van der Waals surface area contributed by atoms with E-state index in [-0.39, 0.29) is 12.5 Å². The number of hydrogen-bond acceptors (Lipinski definition) is 6. The molecule has 0 fully saturated rings. The van der Waals surface area contributed by atoms with Gasteiger partial charge in [0.25, 0.3) is 0 Å². The minimum absolute atomic E-state index is 0.0146. The number of aliphatic hydroxyl groups excluding tert-OH is 2. The molecule has 4 unspecified atom stereocenters. The zero-order valence-electron chi connectivity index (χ0n) is 21.8. The number of hydroxylamine groups is 1. The second kappa shape index (κ2) is 23.0. The minimum Gasteiger partial charge on any atom is -0.392 e. The summed E-state index contributed by atoms with van der Waals surface area (Å²) < 4.78 is 0. The highest BCUT2D eigenvalue weighted by Crippen LogP contribution is 2.12. The predicted octanol–water partition coefficient (Wildman–Crippen LogP) is 4.43. The topological polar surface area (TPSA) is 114 Å². The van der Waals surface area contributed by atoms with Gasteiger partial charge < -0.3 is 20.8 Å². The van der Waals surface area contributed by atoms with E-state index in [9.17, 15) is 15.0 Å². The van der Waals surface area contributed by atoms with Gasteiger partial charge in [0, 0.05) is 25.0 Å². The SMILES string of the molecule is CCCCCCCCCCCCCCCNC(CNC(CC(=O)NO)C(O)CC)C(O)CC. The fraction of sp³-hybridized carbons (Fsp3) is 0.962. The Kier molecular flexibility index (Phi) is 22.5. The van der Waals surface area contributed by atoms with Crippen LogP contribution in [0.2, 0.25) is 0 Å². The molecule has 0 aliphatic heterocycles. The van der Waals surface area contributed by atoms with Crippen LogP contribution in [0.15, 0.2) is 0 Å². The number of carbonyl (C=O) groups excluding carboxylic acids is 1. The maximum Gasteiger partial charge on any atom is 0.245 e. The van der Waals surface area contributed by atoms with Crippen molar-refractivity contribution in [3.63, 3.8) is 0 Å². The maximum absolute atomic E-state index is 11.5. The molecule has 0 heterocycles. The number of nitrogens with one attached hydrogen (secondary N) is 3. The van der Waals surface area contributed by atoms with Crippen LogP contribution in [0.25, 0.3) is 0 Å². The lowest BCUT2D eigenvalue weighted by Gasteiger charge is -2.28. The highest BCUT2D eigenvalue weighted by molar-refractivity contribution is 5.75. The summed E-state index contributed by atoms with van der Waals surface area (Å²) in [4.78, 5) is 11.5. The third-order valence-electron chi connectivity index (χ3n) is 6.58. The molecule has 6 N–H and O–H groups in total. The van der Waals surface area contributed by atoms with Gasteiger partial charge in [0.1, 0.15) is 0 Å². The molecule has 0 aliphatic rings. The maximum atomic E-state index is 11.5. The molecule has 7 nitrogen and oxygen atoms in total. The average Bonchev–Trinajstić information content (AvgIpc) is 2.83. The Morgan fingerprint density at radius 1 is 0.667 bits per heavy atom. The first kappa shape index (κ1) is 32.3. The monoisotopic (exact) mass is 473 g/mol. The number of hydrogen-bond donors (Lipinski definition) is 6. The van der Waals surface area contributed by atoms with Crippen molar-refractivity contribution in [2.75, 3.05) is 13.1 Å². The van der Waals surface area contributed by atoms with Crippen LogP contribution in [0.1, 0.15) is 124 Å². The normalized spacial score (nSPS) is 15.2. The van der Waals surface area contributed by atoms with Crippen molar-refractivity contribution in [1.82, 2.24) is 16.1 Å². The van der Waals surface area contributed by atoms with Crippen LogP contribution >= 0.6 is 0 Å². The molecule has 0 saturated carbocycles. The molecule has 0 aromatic rings. The standard InChI is InChI=1S/C26H55N3O4/c1-4-7-8-9-10-11-12-13-14-15-16-17-18-19-27-23(25(31)6-3)21-28-22(24(30)5-2)20-26(32)29-33/h22-25,27-28,30-31,33H,4-21H2,1-3H3,(H,29,32). The lowest BCUT2D eigenvalue weighted by molar-refractivity contribution is -0.130. The molecular formula is C26H55N3O4. The van der Waals surface area contributed by atoms with E-state index in [0.717, 1.165) is 13.0 Å². The summed E-state index contributed by atoms with van der Waals surface area (Å²) in [5.74, 6) is -0.535. The van der Waals surface area contributed by atoms with Crippen LogP contribution in [0.5, 0.6) is 0 Å². The second-order valence-corrected chi connectivity index (χ2v) is 9.51. The summed E-state index contributed by atoms with van der Waals surface area (Å²) in [5, 5.41) is 36.0. The third kappa shape index (κ3) is 18.3. The van der Waals surface area contributed by atoms with Crippen LogP contribution in [-0.2, 0) is 4.79 Å². The van der Waals surface area contributed by atoms with Gasteiger partial charge in [0.05, 0.1) is 12.2 Å². The largest absolute Gasteiger partial charge is 0.392 e. The first-order valence-electron chi connectivity index (χ1n) is 13.8. The Balaban J connectivity index is 3.98. The average molecular weight is 474 g/mol. The highest BCUT2D eigenvalue weighted by atomic mass is 16.5. The Labute approximate surface area is 203 Å². The summed E-state index contributed by atoms with van der Waals surface area (Å²) >= 11 is 0.